The minimum absolute atomic E-state index is 0. The number of amides is 1. The number of hydrogen-bond acceptors (Lipinski definition) is 2. The van der Waals surface area contributed by atoms with Gasteiger partial charge in [-0.15, -0.1) is 12.4 Å². The fourth-order valence-electron chi connectivity index (χ4n) is 2.36. The summed E-state index contributed by atoms with van der Waals surface area (Å²) in [4.78, 5) is 11.6. The number of carbonyl (C=O) groups is 1. The maximum absolute atomic E-state index is 11.6. The van der Waals surface area contributed by atoms with Gasteiger partial charge in [0.2, 0.25) is 5.91 Å². The van der Waals surface area contributed by atoms with Crippen LogP contribution in [0.25, 0.3) is 0 Å². The molecule has 100 valence electrons. The lowest BCUT2D eigenvalue weighted by atomic mass is 9.88. The highest BCUT2D eigenvalue weighted by molar-refractivity contribution is 5.85. The van der Waals surface area contributed by atoms with Crippen LogP contribution in [0.3, 0.4) is 0 Å². The molecule has 4 heteroatoms. The molecule has 0 radical (unpaired) electrons. The lowest BCUT2D eigenvalue weighted by Gasteiger charge is -2.25. The topological polar surface area (TPSA) is 41.1 Å². The Morgan fingerprint density at radius 2 is 2.06 bits per heavy atom. The van der Waals surface area contributed by atoms with Gasteiger partial charge in [0, 0.05) is 19.0 Å². The summed E-state index contributed by atoms with van der Waals surface area (Å²) < 4.78 is 0. The van der Waals surface area contributed by atoms with Gasteiger partial charge in [-0.3, -0.25) is 4.79 Å². The van der Waals surface area contributed by atoms with Crippen LogP contribution in [0.4, 0.5) is 0 Å². The first-order valence-corrected chi connectivity index (χ1v) is 6.30. The summed E-state index contributed by atoms with van der Waals surface area (Å²) in [5, 5.41) is 6.11. The molecular formula is C14H21ClN2O. The molecule has 0 aromatic heterocycles. The molecule has 0 saturated carbocycles. The lowest BCUT2D eigenvalue weighted by Crippen LogP contribution is -2.39. The number of aryl methyl sites for hydroxylation is 1. The van der Waals surface area contributed by atoms with Crippen molar-refractivity contribution < 1.29 is 4.79 Å². The van der Waals surface area contributed by atoms with Crippen molar-refractivity contribution in [3.8, 4) is 0 Å². The number of rotatable bonds is 4. The van der Waals surface area contributed by atoms with Gasteiger partial charge in [0.15, 0.2) is 0 Å². The highest BCUT2D eigenvalue weighted by Gasteiger charge is 2.19. The number of fused-ring (bicyclic) bond motifs is 1. The normalized spacial score (nSPS) is 17.5. The molecule has 1 aliphatic rings. The molecule has 0 spiro atoms. The van der Waals surface area contributed by atoms with Crippen molar-refractivity contribution in [1.82, 2.24) is 10.6 Å². The monoisotopic (exact) mass is 268 g/mol. The molecule has 0 aliphatic heterocycles. The van der Waals surface area contributed by atoms with Gasteiger partial charge in [-0.25, -0.2) is 0 Å². The minimum atomic E-state index is 0. The molecule has 18 heavy (non-hydrogen) atoms. The Morgan fingerprint density at radius 1 is 1.33 bits per heavy atom. The number of nitrogens with one attached hydrogen (secondary N) is 2. The Hall–Kier alpha value is -1.06. The van der Waals surface area contributed by atoms with Gasteiger partial charge in [-0.1, -0.05) is 24.3 Å². The van der Waals surface area contributed by atoms with Gasteiger partial charge >= 0.3 is 0 Å². The van der Waals surface area contributed by atoms with E-state index in [1.54, 1.807) is 0 Å². The van der Waals surface area contributed by atoms with Gasteiger partial charge in [0.1, 0.15) is 0 Å². The molecule has 0 heterocycles. The van der Waals surface area contributed by atoms with Crippen LogP contribution in [0.15, 0.2) is 24.3 Å². The smallest absolute Gasteiger partial charge is 0.221 e. The molecule has 0 fully saturated rings. The molecular weight excluding hydrogens is 248 g/mol. The van der Waals surface area contributed by atoms with Crippen LogP contribution >= 0.6 is 12.4 Å². The van der Waals surface area contributed by atoms with Gasteiger partial charge < -0.3 is 10.6 Å². The Morgan fingerprint density at radius 3 is 2.78 bits per heavy atom. The third-order valence-electron chi connectivity index (χ3n) is 3.31. The number of halogens is 1. The summed E-state index contributed by atoms with van der Waals surface area (Å²) in [5.74, 6) is 0.156. The van der Waals surface area contributed by atoms with E-state index in [2.05, 4.69) is 34.9 Å². The molecule has 0 bridgehead atoms. The van der Waals surface area contributed by atoms with E-state index in [9.17, 15) is 4.79 Å². The SMILES string of the molecule is CNCCC(=O)NC1CCc2ccccc2C1.Cl. The van der Waals surface area contributed by atoms with E-state index in [0.29, 0.717) is 12.5 Å². The first kappa shape index (κ1) is 15.0. The van der Waals surface area contributed by atoms with Crippen LogP contribution in [0.2, 0.25) is 0 Å². The maximum atomic E-state index is 11.6. The van der Waals surface area contributed by atoms with E-state index in [0.717, 1.165) is 25.8 Å². The quantitative estimate of drug-likeness (QED) is 0.873. The Labute approximate surface area is 115 Å². The van der Waals surface area contributed by atoms with Crippen LogP contribution < -0.4 is 10.6 Å². The molecule has 1 amide bonds. The summed E-state index contributed by atoms with van der Waals surface area (Å²) in [6, 6.07) is 8.83. The molecule has 1 aromatic carbocycles. The zero-order valence-corrected chi connectivity index (χ0v) is 11.6. The van der Waals surface area contributed by atoms with Gasteiger partial charge in [-0.2, -0.15) is 0 Å². The van der Waals surface area contributed by atoms with Gasteiger partial charge in [-0.05, 0) is 37.4 Å². The van der Waals surface area contributed by atoms with Crippen molar-refractivity contribution in [3.05, 3.63) is 35.4 Å². The zero-order chi connectivity index (χ0) is 12.1. The molecule has 1 aromatic rings. The highest BCUT2D eigenvalue weighted by Crippen LogP contribution is 2.20. The van der Waals surface area contributed by atoms with Crippen LogP contribution in [0.5, 0.6) is 0 Å². The molecule has 2 N–H and O–H groups in total. The van der Waals surface area contributed by atoms with Gasteiger partial charge in [0.05, 0.1) is 0 Å². The van der Waals surface area contributed by atoms with Crippen LogP contribution in [0, 0.1) is 0 Å². The van der Waals surface area contributed by atoms with E-state index in [1.807, 2.05) is 7.05 Å². The standard InChI is InChI=1S/C14H20N2O.ClH/c1-15-9-8-14(17)16-13-7-6-11-4-2-3-5-12(11)10-13;/h2-5,13,15H,6-10H2,1H3,(H,16,17);1H. The number of carbonyl (C=O) groups excluding carboxylic acids is 1. The molecule has 2 rings (SSSR count). The third kappa shape index (κ3) is 4.00. The Bertz CT molecular complexity index is 395. The van der Waals surface area contributed by atoms with Crippen molar-refractivity contribution >= 4 is 18.3 Å². The van der Waals surface area contributed by atoms with E-state index < -0.39 is 0 Å². The fourth-order valence-corrected chi connectivity index (χ4v) is 2.36. The lowest BCUT2D eigenvalue weighted by molar-refractivity contribution is -0.121. The molecule has 1 unspecified atom stereocenters. The number of benzene rings is 1. The second-order valence-corrected chi connectivity index (χ2v) is 4.63. The average Bonchev–Trinajstić information content (AvgIpc) is 2.36. The second-order valence-electron chi connectivity index (χ2n) is 4.63. The third-order valence-corrected chi connectivity index (χ3v) is 3.31. The van der Waals surface area contributed by atoms with Crippen molar-refractivity contribution in [2.75, 3.05) is 13.6 Å². The predicted molar refractivity (Wildman–Crippen MR) is 76.2 cm³/mol. The zero-order valence-electron chi connectivity index (χ0n) is 10.7. The summed E-state index contributed by atoms with van der Waals surface area (Å²) in [7, 11) is 1.87. The minimum Gasteiger partial charge on any atom is -0.353 e. The Kier molecular flexibility index (Phi) is 6.16. The van der Waals surface area contributed by atoms with Gasteiger partial charge in [0.25, 0.3) is 0 Å². The van der Waals surface area contributed by atoms with E-state index in [4.69, 9.17) is 0 Å². The molecule has 3 nitrogen and oxygen atoms in total. The summed E-state index contributed by atoms with van der Waals surface area (Å²) in [5.41, 5.74) is 2.82. The van der Waals surface area contributed by atoms with E-state index in [-0.39, 0.29) is 18.3 Å². The molecule has 1 aliphatic carbocycles. The molecule has 0 saturated heterocycles. The largest absolute Gasteiger partial charge is 0.353 e. The maximum Gasteiger partial charge on any atom is 0.221 e. The van der Waals surface area contributed by atoms with E-state index in [1.165, 1.54) is 11.1 Å². The van der Waals surface area contributed by atoms with Crippen LogP contribution in [-0.2, 0) is 17.6 Å². The summed E-state index contributed by atoms with van der Waals surface area (Å²) in [6.45, 7) is 0.745. The van der Waals surface area contributed by atoms with Crippen molar-refractivity contribution in [2.24, 2.45) is 0 Å². The van der Waals surface area contributed by atoms with Crippen molar-refractivity contribution in [1.29, 1.82) is 0 Å². The predicted octanol–water partition coefficient (Wildman–Crippen LogP) is 1.69. The first-order chi connectivity index (χ1) is 8.29. The fraction of sp³-hybridized carbons (Fsp3) is 0.500. The van der Waals surface area contributed by atoms with Crippen LogP contribution in [0.1, 0.15) is 24.0 Å². The summed E-state index contributed by atoms with van der Waals surface area (Å²) >= 11 is 0. The van der Waals surface area contributed by atoms with Crippen molar-refractivity contribution in [2.45, 2.75) is 31.7 Å². The van der Waals surface area contributed by atoms with Crippen LogP contribution in [-0.4, -0.2) is 25.5 Å². The molecule has 1 atom stereocenters. The summed E-state index contributed by atoms with van der Waals surface area (Å²) in [6.07, 6.45) is 3.67. The average molecular weight is 269 g/mol. The first-order valence-electron chi connectivity index (χ1n) is 6.30. The highest BCUT2D eigenvalue weighted by atomic mass is 35.5. The second kappa shape index (κ2) is 7.39. The Balaban J connectivity index is 0.00000162. The number of hydrogen-bond donors (Lipinski definition) is 2. The van der Waals surface area contributed by atoms with E-state index >= 15 is 0 Å². The van der Waals surface area contributed by atoms with Crippen molar-refractivity contribution in [3.63, 3.8) is 0 Å².